The van der Waals surface area contributed by atoms with Crippen molar-refractivity contribution in [2.45, 2.75) is 24.8 Å². The quantitative estimate of drug-likeness (QED) is 0.645. The lowest BCUT2D eigenvalue weighted by molar-refractivity contribution is -0.109. The number of carbonyl (C=O) groups excluding carboxylic acids is 1. The molecule has 0 amide bonds. The minimum atomic E-state index is -0.760. The molecule has 1 aromatic rings. The molecule has 0 aromatic heterocycles. The van der Waals surface area contributed by atoms with Crippen molar-refractivity contribution in [1.82, 2.24) is 0 Å². The van der Waals surface area contributed by atoms with E-state index in [2.05, 4.69) is 6.58 Å². The van der Waals surface area contributed by atoms with Gasteiger partial charge in [0.25, 0.3) is 0 Å². The molecule has 0 fully saturated rings. The van der Waals surface area contributed by atoms with E-state index in [-0.39, 0.29) is 16.6 Å². The molecule has 0 spiro atoms. The molecule has 86 valence electrons. The molecule has 0 radical (unpaired) electrons. The molecule has 0 saturated heterocycles. The van der Waals surface area contributed by atoms with Gasteiger partial charge < -0.3 is 5.11 Å². The Bertz CT molecular complexity index is 371. The number of thioether (sulfide) groups is 1. The highest BCUT2D eigenvalue weighted by Gasteiger charge is 2.20. The predicted molar refractivity (Wildman–Crippen MR) is 67.3 cm³/mol. The predicted octanol–water partition coefficient (Wildman–Crippen LogP) is 2.88. The minimum absolute atomic E-state index is 0.00724. The van der Waals surface area contributed by atoms with E-state index in [4.69, 9.17) is 0 Å². The van der Waals surface area contributed by atoms with E-state index in [0.717, 1.165) is 16.7 Å². The van der Waals surface area contributed by atoms with Crippen molar-refractivity contribution in [3.05, 3.63) is 42.5 Å². The lowest BCUT2D eigenvalue weighted by atomic mass is 10.0. The van der Waals surface area contributed by atoms with Gasteiger partial charge in [-0.3, -0.25) is 4.79 Å². The van der Waals surface area contributed by atoms with Crippen molar-refractivity contribution in [2.75, 3.05) is 0 Å². The van der Waals surface area contributed by atoms with Crippen molar-refractivity contribution in [1.29, 1.82) is 0 Å². The third kappa shape index (κ3) is 3.51. The van der Waals surface area contributed by atoms with Crippen molar-refractivity contribution < 1.29 is 9.90 Å². The van der Waals surface area contributed by atoms with Gasteiger partial charge in [0.1, 0.15) is 0 Å². The molecule has 16 heavy (non-hydrogen) atoms. The van der Waals surface area contributed by atoms with Crippen LogP contribution in [-0.4, -0.2) is 16.3 Å². The van der Waals surface area contributed by atoms with Gasteiger partial charge in [0.2, 0.25) is 5.12 Å². The summed E-state index contributed by atoms with van der Waals surface area (Å²) in [5, 5.41) is 9.54. The normalized spacial score (nSPS) is 12.5. The van der Waals surface area contributed by atoms with Crippen LogP contribution in [-0.2, 0) is 4.79 Å². The number of aliphatic hydroxyl groups excluding tert-OH is 1. The van der Waals surface area contributed by atoms with Crippen molar-refractivity contribution in [2.24, 2.45) is 5.92 Å². The Kier molecular flexibility index (Phi) is 4.77. The van der Waals surface area contributed by atoms with Crippen LogP contribution in [0.15, 0.2) is 47.4 Å². The first kappa shape index (κ1) is 13.0. The van der Waals surface area contributed by atoms with E-state index in [1.807, 2.05) is 44.2 Å². The standard InChI is InChI=1S/C13H16O2S/c1-9(2)12(14)10(3)13(15)16-11-7-5-4-6-8-11/h4-9,12,14H,3H2,1-2H3. The largest absolute Gasteiger partial charge is 0.388 e. The third-order valence-electron chi connectivity index (χ3n) is 2.20. The lowest BCUT2D eigenvalue weighted by Crippen LogP contribution is -2.21. The van der Waals surface area contributed by atoms with E-state index in [1.165, 1.54) is 0 Å². The number of rotatable bonds is 4. The molecule has 0 saturated carbocycles. The Labute approximate surface area is 100 Å². The molecule has 0 aliphatic rings. The lowest BCUT2D eigenvalue weighted by Gasteiger charge is -2.15. The molecule has 3 heteroatoms. The summed E-state index contributed by atoms with van der Waals surface area (Å²) < 4.78 is 0. The highest BCUT2D eigenvalue weighted by atomic mass is 32.2. The van der Waals surface area contributed by atoms with Gasteiger partial charge >= 0.3 is 0 Å². The Morgan fingerprint density at radius 3 is 2.38 bits per heavy atom. The van der Waals surface area contributed by atoms with Crippen LogP contribution in [0.3, 0.4) is 0 Å². The van der Waals surface area contributed by atoms with Crippen LogP contribution in [0, 0.1) is 5.92 Å². The van der Waals surface area contributed by atoms with E-state index < -0.39 is 6.10 Å². The Hall–Kier alpha value is -1.06. The number of hydrogen-bond acceptors (Lipinski definition) is 3. The first-order valence-corrected chi connectivity index (χ1v) is 5.98. The molecule has 0 bridgehead atoms. The number of carbonyl (C=O) groups is 1. The summed E-state index contributed by atoms with van der Waals surface area (Å²) in [6.07, 6.45) is -0.760. The van der Waals surface area contributed by atoms with E-state index >= 15 is 0 Å². The van der Waals surface area contributed by atoms with Crippen LogP contribution in [0.2, 0.25) is 0 Å². The summed E-state index contributed by atoms with van der Waals surface area (Å²) in [6, 6.07) is 9.36. The molecular weight excluding hydrogens is 220 g/mol. The Morgan fingerprint density at radius 2 is 1.88 bits per heavy atom. The fraction of sp³-hybridized carbons (Fsp3) is 0.308. The molecule has 1 unspecified atom stereocenters. The van der Waals surface area contributed by atoms with Crippen LogP contribution in [0.4, 0.5) is 0 Å². The zero-order chi connectivity index (χ0) is 12.1. The highest BCUT2D eigenvalue weighted by molar-refractivity contribution is 8.14. The Balaban J connectivity index is 2.63. The van der Waals surface area contributed by atoms with Gasteiger partial charge in [-0.1, -0.05) is 38.6 Å². The number of benzene rings is 1. The molecule has 1 N–H and O–H groups in total. The summed E-state index contributed by atoms with van der Waals surface area (Å²) in [5.41, 5.74) is 0.267. The zero-order valence-corrected chi connectivity index (χ0v) is 10.3. The van der Waals surface area contributed by atoms with Crippen molar-refractivity contribution >= 4 is 16.9 Å². The topological polar surface area (TPSA) is 37.3 Å². The van der Waals surface area contributed by atoms with E-state index in [0.29, 0.717) is 0 Å². The molecule has 0 heterocycles. The summed E-state index contributed by atoms with van der Waals surface area (Å²) in [7, 11) is 0. The molecular formula is C13H16O2S. The van der Waals surface area contributed by atoms with Crippen LogP contribution in [0.25, 0.3) is 0 Å². The maximum Gasteiger partial charge on any atom is 0.222 e. The summed E-state index contributed by atoms with van der Waals surface area (Å²) >= 11 is 1.10. The molecule has 1 rings (SSSR count). The van der Waals surface area contributed by atoms with Gasteiger partial charge in [-0.25, -0.2) is 0 Å². The van der Waals surface area contributed by atoms with Gasteiger partial charge in [0, 0.05) is 10.5 Å². The maximum absolute atomic E-state index is 11.8. The number of hydrogen-bond donors (Lipinski definition) is 1. The fourth-order valence-electron chi connectivity index (χ4n) is 1.18. The van der Waals surface area contributed by atoms with Crippen molar-refractivity contribution in [3.63, 3.8) is 0 Å². The van der Waals surface area contributed by atoms with Crippen LogP contribution >= 0.6 is 11.8 Å². The minimum Gasteiger partial charge on any atom is -0.388 e. The third-order valence-corrected chi connectivity index (χ3v) is 3.16. The van der Waals surface area contributed by atoms with Crippen LogP contribution < -0.4 is 0 Å². The van der Waals surface area contributed by atoms with E-state index in [1.54, 1.807) is 0 Å². The smallest absolute Gasteiger partial charge is 0.222 e. The second kappa shape index (κ2) is 5.87. The van der Waals surface area contributed by atoms with Crippen LogP contribution in [0.5, 0.6) is 0 Å². The molecule has 2 nitrogen and oxygen atoms in total. The first-order valence-electron chi connectivity index (χ1n) is 5.16. The maximum atomic E-state index is 11.8. The highest BCUT2D eigenvalue weighted by Crippen LogP contribution is 2.24. The summed E-state index contributed by atoms with van der Waals surface area (Å²) in [5.74, 6) is 0.00724. The summed E-state index contributed by atoms with van der Waals surface area (Å²) in [4.78, 5) is 12.6. The molecule has 0 aliphatic heterocycles. The average molecular weight is 236 g/mol. The Morgan fingerprint density at radius 1 is 1.31 bits per heavy atom. The molecule has 1 atom stereocenters. The van der Waals surface area contributed by atoms with Gasteiger partial charge in [-0.2, -0.15) is 0 Å². The van der Waals surface area contributed by atoms with Gasteiger partial charge in [-0.15, -0.1) is 0 Å². The number of aliphatic hydroxyl groups is 1. The fourth-order valence-corrected chi connectivity index (χ4v) is 1.94. The molecule has 0 aliphatic carbocycles. The van der Waals surface area contributed by atoms with E-state index in [9.17, 15) is 9.90 Å². The average Bonchev–Trinajstić information content (AvgIpc) is 2.28. The first-order chi connectivity index (χ1) is 7.52. The van der Waals surface area contributed by atoms with Gasteiger partial charge in [0.15, 0.2) is 0 Å². The SMILES string of the molecule is C=C(C(=O)Sc1ccccc1)C(O)C(C)C. The van der Waals surface area contributed by atoms with Gasteiger partial charge in [-0.05, 0) is 29.8 Å². The second-order valence-corrected chi connectivity index (χ2v) is 4.96. The van der Waals surface area contributed by atoms with Gasteiger partial charge in [0.05, 0.1) is 6.10 Å². The zero-order valence-electron chi connectivity index (χ0n) is 9.51. The monoisotopic (exact) mass is 236 g/mol. The second-order valence-electron chi connectivity index (χ2n) is 3.92. The summed E-state index contributed by atoms with van der Waals surface area (Å²) in [6.45, 7) is 7.37. The van der Waals surface area contributed by atoms with Crippen LogP contribution in [0.1, 0.15) is 13.8 Å². The molecule has 1 aromatic carbocycles. The van der Waals surface area contributed by atoms with Crippen molar-refractivity contribution in [3.8, 4) is 0 Å².